The van der Waals surface area contributed by atoms with Crippen molar-refractivity contribution in [2.45, 2.75) is 52.0 Å². The van der Waals surface area contributed by atoms with Gasteiger partial charge in [-0.1, -0.05) is 0 Å². The van der Waals surface area contributed by atoms with Crippen molar-refractivity contribution >= 4 is 11.0 Å². The molecule has 8 heteroatoms. The molecule has 6 nitrogen and oxygen atoms in total. The van der Waals surface area contributed by atoms with Gasteiger partial charge in [-0.05, 0) is 81.9 Å². The van der Waals surface area contributed by atoms with E-state index in [1.54, 1.807) is 12.1 Å². The van der Waals surface area contributed by atoms with Gasteiger partial charge in [0.1, 0.15) is 23.0 Å². The van der Waals surface area contributed by atoms with Crippen molar-refractivity contribution in [3.63, 3.8) is 0 Å². The van der Waals surface area contributed by atoms with E-state index in [9.17, 15) is 8.78 Å². The van der Waals surface area contributed by atoms with Gasteiger partial charge in [0.15, 0.2) is 5.82 Å². The number of aromatic nitrogens is 5. The Hall–Kier alpha value is -3.26. The molecule has 34 heavy (non-hydrogen) atoms. The predicted octanol–water partition coefficient (Wildman–Crippen LogP) is 5.11. The summed E-state index contributed by atoms with van der Waals surface area (Å²) in [6.45, 7) is 7.90. The van der Waals surface area contributed by atoms with Crippen LogP contribution in [0.3, 0.4) is 0 Å². The average Bonchev–Trinajstić information content (AvgIpc) is 3.18. The number of piperidine rings is 1. The van der Waals surface area contributed by atoms with E-state index in [0.29, 0.717) is 46.0 Å². The first kappa shape index (κ1) is 22.5. The van der Waals surface area contributed by atoms with E-state index >= 15 is 0 Å². The molecule has 1 N–H and O–H groups in total. The molecule has 1 aliphatic rings. The Morgan fingerprint density at radius 2 is 1.74 bits per heavy atom. The second-order valence-electron chi connectivity index (χ2n) is 9.24. The third-order valence-electron chi connectivity index (χ3n) is 6.54. The van der Waals surface area contributed by atoms with Gasteiger partial charge in [0.25, 0.3) is 0 Å². The molecule has 0 spiro atoms. The minimum Gasteiger partial charge on any atom is -0.326 e. The van der Waals surface area contributed by atoms with Gasteiger partial charge in [-0.25, -0.2) is 23.7 Å². The lowest BCUT2D eigenvalue weighted by Crippen LogP contribution is -2.26. The molecule has 4 aromatic rings. The summed E-state index contributed by atoms with van der Waals surface area (Å²) in [5, 5.41) is 3.37. The molecule has 0 unspecified atom stereocenters. The number of rotatable bonds is 5. The Labute approximate surface area is 197 Å². The standard InChI is InChI=1S/C26H28F2N6/c1-15(2)34-16(3)33-26-22(27)8-18(9-24(26)34)21-10-20(30-14-23(21)28)11-25-31-12-19(13-32-25)17-4-6-29-7-5-17/h8-10,12-15,17,29H,4-7,11H2,1-3H3. The number of nitrogens with one attached hydrogen (secondary N) is 1. The second-order valence-corrected chi connectivity index (χ2v) is 9.24. The first-order valence-corrected chi connectivity index (χ1v) is 11.7. The van der Waals surface area contributed by atoms with E-state index in [2.05, 4.69) is 25.3 Å². The van der Waals surface area contributed by atoms with E-state index in [1.807, 2.05) is 37.7 Å². The van der Waals surface area contributed by atoms with Crippen molar-refractivity contribution in [2.75, 3.05) is 13.1 Å². The van der Waals surface area contributed by atoms with Crippen molar-refractivity contribution in [3.8, 4) is 11.1 Å². The lowest BCUT2D eigenvalue weighted by molar-refractivity contribution is 0.458. The van der Waals surface area contributed by atoms with Crippen LogP contribution in [0.4, 0.5) is 8.78 Å². The van der Waals surface area contributed by atoms with Gasteiger partial charge in [0, 0.05) is 29.7 Å². The number of pyridine rings is 1. The molecule has 1 fully saturated rings. The Balaban J connectivity index is 1.45. The zero-order chi connectivity index (χ0) is 23.8. The molecule has 0 saturated carbocycles. The smallest absolute Gasteiger partial charge is 0.151 e. The SMILES string of the molecule is Cc1nc2c(F)cc(-c3cc(Cc4ncc(C5CCNCC5)cn4)ncc3F)cc2n1C(C)C. The van der Waals surface area contributed by atoms with E-state index in [4.69, 9.17) is 0 Å². The summed E-state index contributed by atoms with van der Waals surface area (Å²) < 4.78 is 31.7. The minimum absolute atomic E-state index is 0.0995. The van der Waals surface area contributed by atoms with Gasteiger partial charge in [0.05, 0.1) is 18.1 Å². The number of hydrogen-bond acceptors (Lipinski definition) is 5. The van der Waals surface area contributed by atoms with Crippen molar-refractivity contribution in [2.24, 2.45) is 0 Å². The van der Waals surface area contributed by atoms with Gasteiger partial charge in [0.2, 0.25) is 0 Å². The van der Waals surface area contributed by atoms with Crippen LogP contribution in [0.1, 0.15) is 61.6 Å². The summed E-state index contributed by atoms with van der Waals surface area (Å²) in [5.41, 5.74) is 3.48. The molecule has 1 aromatic carbocycles. The average molecular weight is 463 g/mol. The van der Waals surface area contributed by atoms with Crippen LogP contribution in [0.15, 0.2) is 36.8 Å². The molecule has 0 aliphatic carbocycles. The van der Waals surface area contributed by atoms with Crippen LogP contribution in [0, 0.1) is 18.6 Å². The maximum absolute atomic E-state index is 14.9. The number of benzene rings is 1. The first-order valence-electron chi connectivity index (χ1n) is 11.7. The number of aryl methyl sites for hydroxylation is 1. The second kappa shape index (κ2) is 9.18. The number of fused-ring (bicyclic) bond motifs is 1. The van der Waals surface area contributed by atoms with Gasteiger partial charge in [-0.3, -0.25) is 4.98 Å². The molecule has 1 saturated heterocycles. The predicted molar refractivity (Wildman–Crippen MR) is 128 cm³/mol. The van der Waals surface area contributed by atoms with Crippen molar-refractivity contribution < 1.29 is 8.78 Å². The van der Waals surface area contributed by atoms with Crippen LogP contribution >= 0.6 is 0 Å². The fourth-order valence-corrected chi connectivity index (χ4v) is 4.86. The zero-order valence-corrected chi connectivity index (χ0v) is 19.6. The monoisotopic (exact) mass is 462 g/mol. The molecule has 0 amide bonds. The molecular weight excluding hydrogens is 434 g/mol. The highest BCUT2D eigenvalue weighted by molar-refractivity contribution is 5.83. The Kier molecular flexibility index (Phi) is 6.08. The molecule has 0 atom stereocenters. The third-order valence-corrected chi connectivity index (χ3v) is 6.54. The summed E-state index contributed by atoms with van der Waals surface area (Å²) >= 11 is 0. The van der Waals surface area contributed by atoms with Crippen LogP contribution in [0.25, 0.3) is 22.2 Å². The summed E-state index contributed by atoms with van der Waals surface area (Å²) in [6.07, 6.45) is 7.50. The van der Waals surface area contributed by atoms with Crippen molar-refractivity contribution in [1.82, 2.24) is 29.8 Å². The maximum Gasteiger partial charge on any atom is 0.151 e. The molecule has 4 heterocycles. The molecule has 3 aromatic heterocycles. The molecule has 0 radical (unpaired) electrons. The van der Waals surface area contributed by atoms with Gasteiger partial charge >= 0.3 is 0 Å². The lowest BCUT2D eigenvalue weighted by Gasteiger charge is -2.22. The molecule has 0 bridgehead atoms. The third kappa shape index (κ3) is 4.30. The lowest BCUT2D eigenvalue weighted by atomic mass is 9.92. The highest BCUT2D eigenvalue weighted by atomic mass is 19.1. The maximum atomic E-state index is 14.9. The molecular formula is C26H28F2N6. The van der Waals surface area contributed by atoms with Crippen LogP contribution < -0.4 is 5.32 Å². The highest BCUT2D eigenvalue weighted by Crippen LogP contribution is 2.31. The van der Waals surface area contributed by atoms with Crippen molar-refractivity contribution in [1.29, 1.82) is 0 Å². The Bertz CT molecular complexity index is 1320. The summed E-state index contributed by atoms with van der Waals surface area (Å²) in [7, 11) is 0. The Morgan fingerprint density at radius 1 is 1.00 bits per heavy atom. The number of halogens is 2. The first-order chi connectivity index (χ1) is 16.4. The topological polar surface area (TPSA) is 68.5 Å². The summed E-state index contributed by atoms with van der Waals surface area (Å²) in [4.78, 5) is 17.7. The van der Waals surface area contributed by atoms with Crippen LogP contribution in [0.5, 0.6) is 0 Å². The zero-order valence-electron chi connectivity index (χ0n) is 19.6. The van der Waals surface area contributed by atoms with Gasteiger partial charge in [-0.15, -0.1) is 0 Å². The van der Waals surface area contributed by atoms with Crippen LogP contribution in [-0.4, -0.2) is 37.6 Å². The number of imidazole rings is 1. The molecule has 1 aliphatic heterocycles. The summed E-state index contributed by atoms with van der Waals surface area (Å²) in [5.74, 6) is 0.861. The number of nitrogens with zero attached hydrogens (tertiary/aromatic N) is 5. The highest BCUT2D eigenvalue weighted by Gasteiger charge is 2.19. The van der Waals surface area contributed by atoms with Gasteiger partial charge in [-0.2, -0.15) is 0 Å². The van der Waals surface area contributed by atoms with E-state index in [0.717, 1.165) is 37.3 Å². The van der Waals surface area contributed by atoms with E-state index in [-0.39, 0.29) is 6.04 Å². The van der Waals surface area contributed by atoms with Crippen LogP contribution in [-0.2, 0) is 6.42 Å². The largest absolute Gasteiger partial charge is 0.326 e. The van der Waals surface area contributed by atoms with Gasteiger partial charge < -0.3 is 9.88 Å². The minimum atomic E-state index is -0.503. The van der Waals surface area contributed by atoms with Crippen LogP contribution in [0.2, 0.25) is 0 Å². The fourth-order valence-electron chi connectivity index (χ4n) is 4.86. The molecule has 176 valence electrons. The number of hydrogen-bond donors (Lipinski definition) is 1. The van der Waals surface area contributed by atoms with Crippen molar-refractivity contribution in [3.05, 3.63) is 71.3 Å². The summed E-state index contributed by atoms with van der Waals surface area (Å²) in [6, 6.07) is 4.89. The quantitative estimate of drug-likeness (QED) is 0.446. The van der Waals surface area contributed by atoms with E-state index in [1.165, 1.54) is 12.3 Å². The normalized spacial score (nSPS) is 14.9. The Morgan fingerprint density at radius 3 is 2.44 bits per heavy atom. The molecule has 5 rings (SSSR count). The van der Waals surface area contributed by atoms with E-state index < -0.39 is 11.6 Å². The fraction of sp³-hybridized carbons (Fsp3) is 0.385.